The first kappa shape index (κ1) is 14.1. The molecule has 5 heteroatoms. The number of aromatic nitrogens is 2. The van der Waals surface area contributed by atoms with Crippen LogP contribution in [0, 0.1) is 6.92 Å². The van der Waals surface area contributed by atoms with Gasteiger partial charge in [0.15, 0.2) is 0 Å². The molecule has 0 fully saturated rings. The Morgan fingerprint density at radius 3 is 2.60 bits per heavy atom. The summed E-state index contributed by atoms with van der Waals surface area (Å²) in [5.74, 6) is -0.326. The molecule has 0 bridgehead atoms. The maximum atomic E-state index is 12.0. The van der Waals surface area contributed by atoms with Gasteiger partial charge in [0.25, 0.3) is 5.91 Å². The molecule has 1 aromatic carbocycles. The molecule has 0 saturated carbocycles. The molecule has 0 aliphatic heterocycles. The van der Waals surface area contributed by atoms with Crippen LogP contribution in [-0.2, 0) is 6.42 Å². The van der Waals surface area contributed by atoms with Crippen molar-refractivity contribution in [1.82, 2.24) is 15.3 Å². The van der Waals surface area contributed by atoms with Gasteiger partial charge in [0.05, 0.1) is 24.5 Å². The molecular formula is C15H17N3O2. The van der Waals surface area contributed by atoms with E-state index in [9.17, 15) is 9.90 Å². The topological polar surface area (TPSA) is 75.1 Å². The highest BCUT2D eigenvalue weighted by Gasteiger charge is 2.14. The predicted octanol–water partition coefficient (Wildman–Crippen LogP) is 1.12. The van der Waals surface area contributed by atoms with E-state index in [0.717, 1.165) is 11.3 Å². The maximum Gasteiger partial charge on any atom is 0.271 e. The Kier molecular flexibility index (Phi) is 4.79. The third-order valence-corrected chi connectivity index (χ3v) is 2.89. The Morgan fingerprint density at radius 2 is 2.00 bits per heavy atom. The lowest BCUT2D eigenvalue weighted by Crippen LogP contribution is -2.39. The minimum atomic E-state index is -0.340. The molecule has 1 aromatic heterocycles. The number of hydrogen-bond acceptors (Lipinski definition) is 4. The van der Waals surface area contributed by atoms with Gasteiger partial charge in [-0.25, -0.2) is 4.98 Å². The zero-order valence-electron chi connectivity index (χ0n) is 11.3. The van der Waals surface area contributed by atoms with E-state index in [0.29, 0.717) is 6.42 Å². The minimum absolute atomic E-state index is 0.125. The Labute approximate surface area is 117 Å². The summed E-state index contributed by atoms with van der Waals surface area (Å²) >= 11 is 0. The lowest BCUT2D eigenvalue weighted by molar-refractivity contribution is 0.0911. The van der Waals surface area contributed by atoms with Crippen molar-refractivity contribution in [1.29, 1.82) is 0 Å². The van der Waals surface area contributed by atoms with Crippen LogP contribution in [0.1, 0.15) is 21.7 Å². The average molecular weight is 271 g/mol. The SMILES string of the molecule is Cc1cnc(C(=O)NC(CO)Cc2ccccc2)cn1. The molecule has 1 unspecified atom stereocenters. The van der Waals surface area contributed by atoms with Crippen molar-refractivity contribution < 1.29 is 9.90 Å². The number of nitrogens with one attached hydrogen (secondary N) is 1. The summed E-state index contributed by atoms with van der Waals surface area (Å²) in [4.78, 5) is 20.0. The van der Waals surface area contributed by atoms with Crippen LogP contribution in [-0.4, -0.2) is 33.6 Å². The number of aryl methyl sites for hydroxylation is 1. The van der Waals surface area contributed by atoms with Crippen LogP contribution < -0.4 is 5.32 Å². The largest absolute Gasteiger partial charge is 0.394 e. The van der Waals surface area contributed by atoms with Gasteiger partial charge in [0.1, 0.15) is 5.69 Å². The fraction of sp³-hybridized carbons (Fsp3) is 0.267. The highest BCUT2D eigenvalue weighted by Crippen LogP contribution is 2.04. The Hall–Kier alpha value is -2.27. The van der Waals surface area contributed by atoms with E-state index in [4.69, 9.17) is 0 Å². The summed E-state index contributed by atoms with van der Waals surface area (Å²) in [5.41, 5.74) is 2.06. The van der Waals surface area contributed by atoms with E-state index in [1.165, 1.54) is 6.20 Å². The molecule has 2 aromatic rings. The van der Waals surface area contributed by atoms with Crippen LogP contribution in [0.4, 0.5) is 0 Å². The lowest BCUT2D eigenvalue weighted by Gasteiger charge is -2.16. The van der Waals surface area contributed by atoms with Crippen LogP contribution in [0.5, 0.6) is 0 Å². The fourth-order valence-electron chi connectivity index (χ4n) is 1.83. The van der Waals surface area contributed by atoms with Gasteiger partial charge in [-0.1, -0.05) is 30.3 Å². The first-order chi connectivity index (χ1) is 9.69. The smallest absolute Gasteiger partial charge is 0.271 e. The molecule has 104 valence electrons. The van der Waals surface area contributed by atoms with Crippen molar-refractivity contribution in [2.75, 3.05) is 6.61 Å². The zero-order chi connectivity index (χ0) is 14.4. The number of benzene rings is 1. The third-order valence-electron chi connectivity index (χ3n) is 2.89. The van der Waals surface area contributed by atoms with Gasteiger partial charge >= 0.3 is 0 Å². The molecular weight excluding hydrogens is 254 g/mol. The summed E-state index contributed by atoms with van der Waals surface area (Å²) in [7, 11) is 0. The van der Waals surface area contributed by atoms with Crippen LogP contribution >= 0.6 is 0 Å². The number of hydrogen-bond donors (Lipinski definition) is 2. The lowest BCUT2D eigenvalue weighted by atomic mass is 10.1. The maximum absolute atomic E-state index is 12.0. The normalized spacial score (nSPS) is 11.9. The van der Waals surface area contributed by atoms with Gasteiger partial charge < -0.3 is 10.4 Å². The highest BCUT2D eigenvalue weighted by atomic mass is 16.3. The van der Waals surface area contributed by atoms with Crippen LogP contribution in [0.2, 0.25) is 0 Å². The van der Waals surface area contributed by atoms with E-state index in [-0.39, 0.29) is 24.2 Å². The monoisotopic (exact) mass is 271 g/mol. The molecule has 2 rings (SSSR count). The van der Waals surface area contributed by atoms with E-state index in [1.807, 2.05) is 30.3 Å². The average Bonchev–Trinajstić information content (AvgIpc) is 2.48. The van der Waals surface area contributed by atoms with Crippen molar-refractivity contribution in [2.24, 2.45) is 0 Å². The van der Waals surface area contributed by atoms with Gasteiger partial charge in [-0.05, 0) is 18.9 Å². The number of aliphatic hydroxyl groups is 1. The molecule has 1 amide bonds. The molecule has 0 aliphatic rings. The third kappa shape index (κ3) is 3.86. The van der Waals surface area contributed by atoms with Gasteiger partial charge in [-0.15, -0.1) is 0 Å². The van der Waals surface area contributed by atoms with Gasteiger partial charge in [0, 0.05) is 6.20 Å². The molecule has 0 aliphatic carbocycles. The van der Waals surface area contributed by atoms with E-state index >= 15 is 0 Å². The van der Waals surface area contributed by atoms with Crippen LogP contribution in [0.15, 0.2) is 42.7 Å². The summed E-state index contributed by atoms with van der Waals surface area (Å²) < 4.78 is 0. The summed E-state index contributed by atoms with van der Waals surface area (Å²) in [6.45, 7) is 1.68. The van der Waals surface area contributed by atoms with Crippen molar-refractivity contribution in [3.8, 4) is 0 Å². The number of aliphatic hydroxyl groups excluding tert-OH is 1. The fourth-order valence-corrected chi connectivity index (χ4v) is 1.83. The molecule has 1 heterocycles. The van der Waals surface area contributed by atoms with Gasteiger partial charge in [-0.3, -0.25) is 9.78 Å². The number of amides is 1. The standard InChI is InChI=1S/C15H17N3O2/c1-11-8-17-14(9-16-11)15(20)18-13(10-19)7-12-5-3-2-4-6-12/h2-6,8-9,13,19H,7,10H2,1H3,(H,18,20). The summed E-state index contributed by atoms with van der Waals surface area (Å²) in [5, 5.41) is 12.1. The zero-order valence-corrected chi connectivity index (χ0v) is 11.3. The Morgan fingerprint density at radius 1 is 1.25 bits per heavy atom. The van der Waals surface area contributed by atoms with Crippen molar-refractivity contribution >= 4 is 5.91 Å². The van der Waals surface area contributed by atoms with Crippen molar-refractivity contribution in [2.45, 2.75) is 19.4 Å². The van der Waals surface area contributed by atoms with Crippen LogP contribution in [0.25, 0.3) is 0 Å². The Balaban J connectivity index is 1.99. The number of carbonyl (C=O) groups is 1. The Bertz CT molecular complexity index is 555. The molecule has 20 heavy (non-hydrogen) atoms. The second-order valence-electron chi connectivity index (χ2n) is 4.59. The number of nitrogens with zero attached hydrogens (tertiary/aromatic N) is 2. The quantitative estimate of drug-likeness (QED) is 0.854. The second-order valence-corrected chi connectivity index (χ2v) is 4.59. The minimum Gasteiger partial charge on any atom is -0.394 e. The second kappa shape index (κ2) is 6.77. The molecule has 0 saturated heterocycles. The van der Waals surface area contributed by atoms with E-state index in [2.05, 4.69) is 15.3 Å². The molecule has 1 atom stereocenters. The molecule has 2 N–H and O–H groups in total. The van der Waals surface area contributed by atoms with Crippen molar-refractivity contribution in [3.05, 3.63) is 59.7 Å². The van der Waals surface area contributed by atoms with Gasteiger partial charge in [0.2, 0.25) is 0 Å². The summed E-state index contributed by atoms with van der Waals surface area (Å²) in [6, 6.07) is 9.36. The summed E-state index contributed by atoms with van der Waals surface area (Å²) in [6.07, 6.45) is 3.55. The predicted molar refractivity (Wildman–Crippen MR) is 75.3 cm³/mol. The number of carbonyl (C=O) groups excluding carboxylic acids is 1. The molecule has 5 nitrogen and oxygen atoms in total. The van der Waals surface area contributed by atoms with Gasteiger partial charge in [-0.2, -0.15) is 0 Å². The molecule has 0 spiro atoms. The number of rotatable bonds is 5. The van der Waals surface area contributed by atoms with Crippen LogP contribution in [0.3, 0.4) is 0 Å². The van der Waals surface area contributed by atoms with E-state index < -0.39 is 0 Å². The van der Waals surface area contributed by atoms with Crippen molar-refractivity contribution in [3.63, 3.8) is 0 Å². The first-order valence-electron chi connectivity index (χ1n) is 6.43. The molecule has 0 radical (unpaired) electrons. The van der Waals surface area contributed by atoms with E-state index in [1.54, 1.807) is 13.1 Å². The highest BCUT2D eigenvalue weighted by molar-refractivity contribution is 5.92. The first-order valence-corrected chi connectivity index (χ1v) is 6.43.